The Labute approximate surface area is 140 Å². The van der Waals surface area contributed by atoms with Crippen molar-refractivity contribution in [3.05, 3.63) is 12.0 Å². The summed E-state index contributed by atoms with van der Waals surface area (Å²) in [7, 11) is 0. The van der Waals surface area contributed by atoms with Crippen molar-refractivity contribution < 1.29 is 19.7 Å². The molecule has 134 valence electrons. The van der Waals surface area contributed by atoms with Crippen LogP contribution in [0.3, 0.4) is 0 Å². The van der Waals surface area contributed by atoms with E-state index in [2.05, 4.69) is 20.8 Å². The first-order valence-corrected chi connectivity index (χ1v) is 8.86. The van der Waals surface area contributed by atoms with Crippen molar-refractivity contribution >= 4 is 0 Å². The minimum atomic E-state index is -0.415. The van der Waals surface area contributed by atoms with E-state index in [4.69, 9.17) is 14.6 Å². The zero-order valence-electron chi connectivity index (χ0n) is 15.0. The number of aliphatic hydroxyl groups excluding tert-OH is 2. The fourth-order valence-electron chi connectivity index (χ4n) is 3.73. The highest BCUT2D eigenvalue weighted by Gasteiger charge is 2.46. The van der Waals surface area contributed by atoms with Crippen LogP contribution in [0.2, 0.25) is 0 Å². The smallest absolute Gasteiger partial charge is 0.184 e. The largest absolute Gasteiger partial charge is 0.495 e. The molecule has 2 fully saturated rings. The summed E-state index contributed by atoms with van der Waals surface area (Å²) in [5.74, 6) is 0.418. The summed E-state index contributed by atoms with van der Waals surface area (Å²) in [6.45, 7) is 10.6. The van der Waals surface area contributed by atoms with Crippen molar-refractivity contribution in [2.24, 2.45) is 11.3 Å². The lowest BCUT2D eigenvalue weighted by molar-refractivity contribution is -0.197. The molecule has 23 heavy (non-hydrogen) atoms. The van der Waals surface area contributed by atoms with E-state index in [1.165, 1.54) is 6.08 Å². The molecule has 5 heteroatoms. The molecule has 1 atom stereocenters. The van der Waals surface area contributed by atoms with Crippen molar-refractivity contribution in [2.45, 2.75) is 65.3 Å². The zero-order chi connectivity index (χ0) is 17.1. The van der Waals surface area contributed by atoms with Crippen LogP contribution in [0.5, 0.6) is 0 Å². The first-order chi connectivity index (χ1) is 10.8. The number of likely N-dealkylation sites (N-methyl/N-ethyl adjacent to an activating group) is 1. The van der Waals surface area contributed by atoms with Gasteiger partial charge in [0.05, 0.1) is 13.2 Å². The second-order valence-electron chi connectivity index (χ2n) is 7.89. The summed E-state index contributed by atoms with van der Waals surface area (Å²) in [5.41, 5.74) is 0.347. The molecule has 2 rings (SSSR count). The molecular formula is C18H33NO4. The van der Waals surface area contributed by atoms with Crippen molar-refractivity contribution in [2.75, 3.05) is 26.3 Å². The Bertz CT molecular complexity index is 408. The van der Waals surface area contributed by atoms with Crippen LogP contribution in [0.15, 0.2) is 12.0 Å². The second kappa shape index (κ2) is 7.41. The van der Waals surface area contributed by atoms with Crippen LogP contribution in [0.25, 0.3) is 0 Å². The SMILES string of the molecule is CCN(CC1COC2(CCC(C(C)(C)C)CC2)O1)/C(O)=C/CO. The third-order valence-corrected chi connectivity index (χ3v) is 5.29. The highest BCUT2D eigenvalue weighted by atomic mass is 16.7. The van der Waals surface area contributed by atoms with E-state index in [1.807, 2.05) is 11.8 Å². The minimum Gasteiger partial charge on any atom is -0.495 e. The van der Waals surface area contributed by atoms with Crippen LogP contribution < -0.4 is 0 Å². The Morgan fingerprint density at radius 2 is 1.96 bits per heavy atom. The number of aliphatic hydroxyl groups is 2. The van der Waals surface area contributed by atoms with Gasteiger partial charge < -0.3 is 24.6 Å². The van der Waals surface area contributed by atoms with Gasteiger partial charge in [-0.05, 0) is 31.1 Å². The standard InChI is InChI=1S/C18H33NO4/c1-5-19(16(21)8-11-20)12-15-13-22-18(23-15)9-6-14(7-10-18)17(2,3)4/h8,14-15,20-21H,5-7,9-13H2,1-4H3/b16-8-. The summed E-state index contributed by atoms with van der Waals surface area (Å²) >= 11 is 0. The van der Waals surface area contributed by atoms with E-state index in [1.54, 1.807) is 0 Å². The number of nitrogens with zero attached hydrogens (tertiary/aromatic N) is 1. The minimum absolute atomic E-state index is 0.0321. The summed E-state index contributed by atoms with van der Waals surface area (Å²) in [6.07, 6.45) is 5.57. The summed E-state index contributed by atoms with van der Waals surface area (Å²) < 4.78 is 12.3. The van der Waals surface area contributed by atoms with Crippen LogP contribution >= 0.6 is 0 Å². The average molecular weight is 327 g/mol. The fraction of sp³-hybridized carbons (Fsp3) is 0.889. The Morgan fingerprint density at radius 1 is 1.30 bits per heavy atom. The van der Waals surface area contributed by atoms with Crippen LogP contribution in [0, 0.1) is 11.3 Å². The number of hydrogen-bond donors (Lipinski definition) is 2. The predicted molar refractivity (Wildman–Crippen MR) is 90.0 cm³/mol. The van der Waals surface area contributed by atoms with Gasteiger partial charge in [0, 0.05) is 32.0 Å². The maximum absolute atomic E-state index is 9.93. The lowest BCUT2D eigenvalue weighted by Crippen LogP contribution is -2.40. The molecule has 0 aromatic rings. The number of hydrogen-bond acceptors (Lipinski definition) is 5. The third-order valence-electron chi connectivity index (χ3n) is 5.29. The molecule has 1 spiro atoms. The van der Waals surface area contributed by atoms with Gasteiger partial charge in [0.25, 0.3) is 0 Å². The molecule has 1 aliphatic carbocycles. The molecule has 1 aliphatic heterocycles. The Balaban J connectivity index is 1.88. The normalized spacial score (nSPS) is 32.5. The molecule has 0 bridgehead atoms. The van der Waals surface area contributed by atoms with Gasteiger partial charge in [-0.3, -0.25) is 0 Å². The van der Waals surface area contributed by atoms with E-state index >= 15 is 0 Å². The lowest BCUT2D eigenvalue weighted by Gasteiger charge is -2.41. The van der Waals surface area contributed by atoms with Gasteiger partial charge in [0.15, 0.2) is 11.7 Å². The molecule has 0 aromatic carbocycles. The Kier molecular flexibility index (Phi) is 5.98. The highest BCUT2D eigenvalue weighted by Crippen LogP contribution is 2.45. The summed E-state index contributed by atoms with van der Waals surface area (Å²) in [4.78, 5) is 1.81. The number of rotatable bonds is 5. The van der Waals surface area contributed by atoms with Gasteiger partial charge in [0.2, 0.25) is 0 Å². The van der Waals surface area contributed by atoms with Gasteiger partial charge in [-0.1, -0.05) is 20.8 Å². The zero-order valence-corrected chi connectivity index (χ0v) is 15.0. The van der Waals surface area contributed by atoms with E-state index in [0.29, 0.717) is 25.1 Å². The van der Waals surface area contributed by atoms with Gasteiger partial charge in [-0.15, -0.1) is 0 Å². The van der Waals surface area contributed by atoms with Gasteiger partial charge >= 0.3 is 0 Å². The lowest BCUT2D eigenvalue weighted by atomic mass is 9.71. The van der Waals surface area contributed by atoms with Gasteiger partial charge in [-0.2, -0.15) is 0 Å². The van der Waals surface area contributed by atoms with Crippen molar-refractivity contribution in [3.63, 3.8) is 0 Å². The highest BCUT2D eigenvalue weighted by molar-refractivity contribution is 4.94. The first kappa shape index (κ1) is 18.6. The molecule has 5 nitrogen and oxygen atoms in total. The third kappa shape index (κ3) is 4.61. The van der Waals surface area contributed by atoms with Crippen LogP contribution in [0.4, 0.5) is 0 Å². The van der Waals surface area contributed by atoms with Crippen molar-refractivity contribution in [3.8, 4) is 0 Å². The van der Waals surface area contributed by atoms with Crippen molar-refractivity contribution in [1.82, 2.24) is 4.90 Å². The molecule has 1 saturated heterocycles. The summed E-state index contributed by atoms with van der Waals surface area (Å²) in [5, 5.41) is 18.8. The quantitative estimate of drug-likeness (QED) is 0.760. The molecule has 0 aromatic heterocycles. The second-order valence-corrected chi connectivity index (χ2v) is 7.89. The average Bonchev–Trinajstić information content (AvgIpc) is 2.87. The maximum Gasteiger partial charge on any atom is 0.184 e. The number of ether oxygens (including phenoxy) is 2. The fourth-order valence-corrected chi connectivity index (χ4v) is 3.73. The molecule has 0 radical (unpaired) electrons. The molecule has 2 aliphatic rings. The molecular weight excluding hydrogens is 294 g/mol. The van der Waals surface area contributed by atoms with E-state index in [9.17, 15) is 5.11 Å². The Morgan fingerprint density at radius 3 is 2.48 bits per heavy atom. The Hall–Kier alpha value is -0.780. The van der Waals surface area contributed by atoms with E-state index in [-0.39, 0.29) is 18.6 Å². The van der Waals surface area contributed by atoms with E-state index < -0.39 is 5.79 Å². The monoisotopic (exact) mass is 327 g/mol. The van der Waals surface area contributed by atoms with Gasteiger partial charge in [-0.25, -0.2) is 0 Å². The van der Waals surface area contributed by atoms with Gasteiger partial charge in [0.1, 0.15) is 6.10 Å². The van der Waals surface area contributed by atoms with E-state index in [0.717, 1.165) is 31.6 Å². The molecule has 1 heterocycles. The maximum atomic E-state index is 9.93. The van der Waals surface area contributed by atoms with Crippen LogP contribution in [-0.4, -0.2) is 53.3 Å². The topological polar surface area (TPSA) is 62.2 Å². The van der Waals surface area contributed by atoms with Crippen LogP contribution in [-0.2, 0) is 9.47 Å². The van der Waals surface area contributed by atoms with Crippen LogP contribution in [0.1, 0.15) is 53.4 Å². The molecule has 1 unspecified atom stereocenters. The molecule has 2 N–H and O–H groups in total. The molecule has 1 saturated carbocycles. The predicted octanol–water partition coefficient (Wildman–Crippen LogP) is 3.05. The first-order valence-electron chi connectivity index (χ1n) is 8.86. The van der Waals surface area contributed by atoms with Crippen molar-refractivity contribution in [1.29, 1.82) is 0 Å². The summed E-state index contributed by atoms with van der Waals surface area (Å²) in [6, 6.07) is 0. The molecule has 0 amide bonds.